The molecule has 0 spiro atoms. The largest absolute Gasteiger partial charge is 0.299 e. The standard InChI is InChI=1S/C15H25N2/c1-3-7-16-11-13-9-12(14(16)5-1)10-17-8-4-2-6-15(13)17/h12-14H,1-11H2/q+1/t12-,13-,14-/m0/s1. The molecule has 4 heterocycles. The molecule has 0 aromatic rings. The van der Waals surface area contributed by atoms with Gasteiger partial charge in [-0.2, -0.15) is 0 Å². The van der Waals surface area contributed by atoms with E-state index in [-0.39, 0.29) is 0 Å². The lowest BCUT2D eigenvalue weighted by Gasteiger charge is -2.48. The summed E-state index contributed by atoms with van der Waals surface area (Å²) < 4.78 is 2.79. The molecule has 2 nitrogen and oxygen atoms in total. The second kappa shape index (κ2) is 4.08. The van der Waals surface area contributed by atoms with Crippen LogP contribution in [0.1, 0.15) is 44.9 Å². The summed E-state index contributed by atoms with van der Waals surface area (Å²) in [5.41, 5.74) is 1.84. The maximum Gasteiger partial charge on any atom is 0.156 e. The highest BCUT2D eigenvalue weighted by atomic mass is 15.2. The molecule has 0 aromatic carbocycles. The van der Waals surface area contributed by atoms with Gasteiger partial charge in [0.2, 0.25) is 0 Å². The molecule has 3 atom stereocenters. The molecule has 2 fully saturated rings. The number of rotatable bonds is 0. The molecule has 0 unspecified atom stereocenters. The average molecular weight is 233 g/mol. The topological polar surface area (TPSA) is 6.25 Å². The van der Waals surface area contributed by atoms with Crippen LogP contribution < -0.4 is 0 Å². The molecule has 2 saturated heterocycles. The summed E-state index contributed by atoms with van der Waals surface area (Å²) >= 11 is 0. The van der Waals surface area contributed by atoms with Gasteiger partial charge >= 0.3 is 0 Å². The summed E-state index contributed by atoms with van der Waals surface area (Å²) in [6, 6.07) is 0.948. The lowest BCUT2D eigenvalue weighted by atomic mass is 9.73. The van der Waals surface area contributed by atoms with E-state index in [1.807, 2.05) is 5.71 Å². The predicted molar refractivity (Wildman–Crippen MR) is 69.7 cm³/mol. The monoisotopic (exact) mass is 233 g/mol. The first-order chi connectivity index (χ1) is 8.42. The van der Waals surface area contributed by atoms with Gasteiger partial charge in [-0.05, 0) is 32.2 Å². The highest BCUT2D eigenvalue weighted by Gasteiger charge is 2.46. The second-order valence-corrected chi connectivity index (χ2v) is 6.65. The van der Waals surface area contributed by atoms with Crippen molar-refractivity contribution in [1.82, 2.24) is 4.90 Å². The summed E-state index contributed by atoms with van der Waals surface area (Å²) in [7, 11) is 0. The Labute approximate surface area is 105 Å². The van der Waals surface area contributed by atoms with Crippen LogP contribution in [0.2, 0.25) is 0 Å². The van der Waals surface area contributed by atoms with Crippen molar-refractivity contribution >= 4 is 5.71 Å². The number of piperidine rings is 2. The van der Waals surface area contributed by atoms with Crippen LogP contribution in [0.15, 0.2) is 0 Å². The van der Waals surface area contributed by atoms with Gasteiger partial charge in [0, 0.05) is 31.3 Å². The Bertz CT molecular complexity index is 347. The molecule has 4 aliphatic rings. The van der Waals surface area contributed by atoms with E-state index < -0.39 is 0 Å². The Morgan fingerprint density at radius 3 is 3.12 bits per heavy atom. The molecule has 0 saturated carbocycles. The van der Waals surface area contributed by atoms with Gasteiger partial charge in [0.05, 0.1) is 5.92 Å². The highest BCUT2D eigenvalue weighted by Crippen LogP contribution is 2.38. The predicted octanol–water partition coefficient (Wildman–Crippen LogP) is 2.13. The summed E-state index contributed by atoms with van der Waals surface area (Å²) in [6.07, 6.45) is 10.3. The molecule has 17 heavy (non-hydrogen) atoms. The molecule has 0 N–H and O–H groups in total. The fourth-order valence-electron chi connectivity index (χ4n) is 4.96. The van der Waals surface area contributed by atoms with E-state index in [2.05, 4.69) is 9.48 Å². The zero-order chi connectivity index (χ0) is 11.2. The molecule has 0 aliphatic carbocycles. The molecule has 2 bridgehead atoms. The first-order valence-corrected chi connectivity index (χ1v) is 7.76. The zero-order valence-electron chi connectivity index (χ0n) is 10.9. The number of fused-ring (bicyclic) bond motifs is 5. The summed E-state index contributed by atoms with van der Waals surface area (Å²) in [6.45, 7) is 5.56. The number of hydrogen-bond donors (Lipinski definition) is 0. The minimum atomic E-state index is 0.934. The zero-order valence-corrected chi connectivity index (χ0v) is 10.9. The van der Waals surface area contributed by atoms with Crippen LogP contribution in [0.4, 0.5) is 0 Å². The van der Waals surface area contributed by atoms with Crippen LogP contribution in [0.5, 0.6) is 0 Å². The summed E-state index contributed by atoms with van der Waals surface area (Å²) in [4.78, 5) is 2.85. The minimum absolute atomic E-state index is 0.934. The Kier molecular flexibility index (Phi) is 2.53. The lowest BCUT2D eigenvalue weighted by molar-refractivity contribution is -0.551. The van der Waals surface area contributed by atoms with Crippen molar-refractivity contribution in [3.05, 3.63) is 0 Å². The van der Waals surface area contributed by atoms with Gasteiger partial charge in [0.25, 0.3) is 0 Å². The molecular formula is C15H25N2+. The Morgan fingerprint density at radius 1 is 1.12 bits per heavy atom. The summed E-state index contributed by atoms with van der Waals surface area (Å²) in [5, 5.41) is 0. The van der Waals surface area contributed by atoms with E-state index in [4.69, 9.17) is 0 Å². The van der Waals surface area contributed by atoms with E-state index in [0.29, 0.717) is 0 Å². The van der Waals surface area contributed by atoms with Crippen LogP contribution in [0.25, 0.3) is 0 Å². The fourth-order valence-corrected chi connectivity index (χ4v) is 4.96. The van der Waals surface area contributed by atoms with E-state index >= 15 is 0 Å². The second-order valence-electron chi connectivity index (χ2n) is 6.65. The van der Waals surface area contributed by atoms with Crippen molar-refractivity contribution in [1.29, 1.82) is 0 Å². The van der Waals surface area contributed by atoms with Gasteiger partial charge in [0.15, 0.2) is 5.71 Å². The van der Waals surface area contributed by atoms with Crippen LogP contribution in [-0.2, 0) is 0 Å². The van der Waals surface area contributed by atoms with Crippen molar-refractivity contribution in [2.24, 2.45) is 11.8 Å². The van der Waals surface area contributed by atoms with E-state index in [1.165, 1.54) is 71.1 Å². The van der Waals surface area contributed by atoms with Crippen molar-refractivity contribution in [3.8, 4) is 0 Å². The van der Waals surface area contributed by atoms with Crippen molar-refractivity contribution in [2.75, 3.05) is 26.2 Å². The Balaban J connectivity index is 1.64. The maximum atomic E-state index is 2.85. The molecule has 4 aliphatic heterocycles. The smallest absolute Gasteiger partial charge is 0.156 e. The van der Waals surface area contributed by atoms with Gasteiger partial charge in [-0.25, -0.2) is 4.58 Å². The molecule has 4 rings (SSSR count). The van der Waals surface area contributed by atoms with Gasteiger partial charge < -0.3 is 0 Å². The van der Waals surface area contributed by atoms with Gasteiger partial charge in [-0.15, -0.1) is 0 Å². The SMILES string of the molecule is C1CC[N+]2=C(C1)[C@H]1C[C@@H](C2)[C@@H]2CCCCN2C1. The highest BCUT2D eigenvalue weighted by molar-refractivity contribution is 5.83. The number of nitrogens with zero attached hydrogens (tertiary/aromatic N) is 2. The molecule has 0 aromatic heterocycles. The third-order valence-electron chi connectivity index (χ3n) is 5.69. The normalized spacial score (nSPS) is 42.0. The van der Waals surface area contributed by atoms with Crippen molar-refractivity contribution in [2.45, 2.75) is 51.0 Å². The first kappa shape index (κ1) is 10.5. The van der Waals surface area contributed by atoms with E-state index in [1.54, 1.807) is 0 Å². The maximum absolute atomic E-state index is 2.85. The third-order valence-corrected chi connectivity index (χ3v) is 5.69. The Morgan fingerprint density at radius 2 is 2.12 bits per heavy atom. The lowest BCUT2D eigenvalue weighted by Crippen LogP contribution is -2.58. The molecule has 0 amide bonds. The van der Waals surface area contributed by atoms with Crippen LogP contribution in [0.3, 0.4) is 0 Å². The van der Waals surface area contributed by atoms with Gasteiger partial charge in [-0.3, -0.25) is 4.90 Å². The van der Waals surface area contributed by atoms with Gasteiger partial charge in [0.1, 0.15) is 13.1 Å². The number of hydrogen-bond acceptors (Lipinski definition) is 1. The molecule has 2 heteroatoms. The van der Waals surface area contributed by atoms with Crippen LogP contribution in [0, 0.1) is 11.8 Å². The summed E-state index contributed by atoms with van der Waals surface area (Å²) in [5.74, 6) is 1.93. The Hall–Kier alpha value is -0.370. The van der Waals surface area contributed by atoms with Gasteiger partial charge in [-0.1, -0.05) is 6.42 Å². The quantitative estimate of drug-likeness (QED) is 0.581. The molecule has 0 radical (unpaired) electrons. The van der Waals surface area contributed by atoms with Crippen LogP contribution >= 0.6 is 0 Å². The first-order valence-electron chi connectivity index (χ1n) is 7.76. The van der Waals surface area contributed by atoms with E-state index in [9.17, 15) is 0 Å². The van der Waals surface area contributed by atoms with E-state index in [0.717, 1.165) is 17.9 Å². The van der Waals surface area contributed by atoms with Crippen molar-refractivity contribution < 1.29 is 4.58 Å². The fraction of sp³-hybridized carbons (Fsp3) is 0.933. The molecule has 94 valence electrons. The third kappa shape index (κ3) is 1.68. The average Bonchev–Trinajstić information content (AvgIpc) is 2.39. The minimum Gasteiger partial charge on any atom is -0.299 e. The molecular weight excluding hydrogens is 208 g/mol. The van der Waals surface area contributed by atoms with Crippen LogP contribution in [-0.4, -0.2) is 47.4 Å². The van der Waals surface area contributed by atoms with Crippen molar-refractivity contribution in [3.63, 3.8) is 0 Å².